The number of halogens is 3. The van der Waals surface area contributed by atoms with E-state index in [0.29, 0.717) is 27.6 Å². The number of nitrogens with one attached hydrogen (secondary N) is 3. The summed E-state index contributed by atoms with van der Waals surface area (Å²) < 4.78 is 29.2. The third-order valence-electron chi connectivity index (χ3n) is 6.60. The molecule has 2 amide bonds. The summed E-state index contributed by atoms with van der Waals surface area (Å²) in [5.74, 6) is -0.988. The lowest BCUT2D eigenvalue weighted by Crippen LogP contribution is -2.51. The number of carbonyl (C=O) groups is 2. The third kappa shape index (κ3) is 7.76. The van der Waals surface area contributed by atoms with E-state index in [1.165, 1.54) is 13.1 Å². The second kappa shape index (κ2) is 12.9. The first-order valence-electron chi connectivity index (χ1n) is 12.5. The van der Waals surface area contributed by atoms with Crippen molar-refractivity contribution in [3.8, 4) is 0 Å². The van der Waals surface area contributed by atoms with Gasteiger partial charge in [-0.05, 0) is 60.5 Å². The minimum atomic E-state index is -3.71. The number of sulfonamides is 1. The third-order valence-corrected chi connectivity index (χ3v) is 9.02. The number of hydrogen-bond acceptors (Lipinski definition) is 5. The van der Waals surface area contributed by atoms with Crippen LogP contribution in [0.1, 0.15) is 34.5 Å². The highest BCUT2D eigenvalue weighted by Crippen LogP contribution is 2.36. The van der Waals surface area contributed by atoms with Crippen molar-refractivity contribution in [3.63, 3.8) is 0 Å². The zero-order valence-electron chi connectivity index (χ0n) is 21.8. The van der Waals surface area contributed by atoms with E-state index < -0.39 is 22.0 Å². The van der Waals surface area contributed by atoms with Gasteiger partial charge >= 0.3 is 0 Å². The Morgan fingerprint density at radius 2 is 1.52 bits per heavy atom. The van der Waals surface area contributed by atoms with Crippen LogP contribution in [0.3, 0.4) is 0 Å². The topological polar surface area (TPSA) is 108 Å². The van der Waals surface area contributed by atoms with Gasteiger partial charge in [0.2, 0.25) is 15.9 Å². The number of hydrogen-bond donors (Lipinski definition) is 3. The monoisotopic (exact) mass is 666 g/mol. The van der Waals surface area contributed by atoms with Crippen molar-refractivity contribution in [2.24, 2.45) is 5.92 Å². The van der Waals surface area contributed by atoms with Crippen molar-refractivity contribution in [2.45, 2.75) is 19.0 Å². The second-order valence-electron chi connectivity index (χ2n) is 9.75. The molecule has 1 heterocycles. The summed E-state index contributed by atoms with van der Waals surface area (Å²) in [6.07, 6.45) is 0. The molecule has 12 heteroatoms. The van der Waals surface area contributed by atoms with Crippen LogP contribution in [0.4, 0.5) is 5.69 Å². The van der Waals surface area contributed by atoms with Crippen molar-refractivity contribution >= 4 is 66.7 Å². The molecule has 3 N–H and O–H groups in total. The van der Waals surface area contributed by atoms with Crippen LogP contribution in [-0.2, 0) is 14.8 Å². The van der Waals surface area contributed by atoms with E-state index in [0.717, 1.165) is 11.1 Å². The van der Waals surface area contributed by atoms with Gasteiger partial charge in [-0.15, -0.1) is 0 Å². The van der Waals surface area contributed by atoms with Crippen molar-refractivity contribution in [1.29, 1.82) is 0 Å². The van der Waals surface area contributed by atoms with E-state index >= 15 is 0 Å². The molecule has 0 aromatic heterocycles. The summed E-state index contributed by atoms with van der Waals surface area (Å²) in [4.78, 5) is 26.6. The first-order chi connectivity index (χ1) is 18.9. The Hall–Kier alpha value is -2.63. The molecular formula is C28H29BrCl2N4O4S. The molecule has 0 unspecified atom stereocenters. The SMILES string of the molecule is CNC(=O)[C@H](C)NC(=O)c1cc(Br)cc(NS(=O)(=O)CC2CN(C(c3ccc(Cl)cc3)c3ccc(Cl)cc3)C2)c1. The van der Waals surface area contributed by atoms with Crippen molar-refractivity contribution in [3.05, 3.63) is 97.9 Å². The minimum absolute atomic E-state index is 0.0650. The Kier molecular flexibility index (Phi) is 9.79. The maximum Gasteiger partial charge on any atom is 0.252 e. The van der Waals surface area contributed by atoms with Crippen LogP contribution >= 0.6 is 39.1 Å². The number of benzene rings is 3. The van der Waals surface area contributed by atoms with Crippen LogP contribution in [0, 0.1) is 5.92 Å². The van der Waals surface area contributed by atoms with E-state index in [9.17, 15) is 18.0 Å². The molecule has 0 radical (unpaired) electrons. The van der Waals surface area contributed by atoms with Gasteiger partial charge in [0.1, 0.15) is 6.04 Å². The van der Waals surface area contributed by atoms with Gasteiger partial charge in [0, 0.05) is 46.1 Å². The number of rotatable bonds is 10. The largest absolute Gasteiger partial charge is 0.357 e. The highest BCUT2D eigenvalue weighted by molar-refractivity contribution is 9.10. The number of likely N-dealkylation sites (tertiary alicyclic amines) is 1. The molecular weight excluding hydrogens is 639 g/mol. The van der Waals surface area contributed by atoms with E-state index in [-0.39, 0.29) is 34.9 Å². The standard InChI is InChI=1S/C28H29BrCl2N4O4S/c1-17(27(36)32-2)33-28(37)21-11-22(29)13-25(12-21)34-40(38,39)16-18-14-35(15-18)26(19-3-7-23(30)8-4-19)20-5-9-24(31)10-6-20/h3-13,17-18,26,34H,14-16H2,1-2H3,(H,32,36)(H,33,37)/t17-/m0/s1. The molecule has 3 aromatic carbocycles. The molecule has 4 rings (SSSR count). The van der Waals surface area contributed by atoms with Crippen LogP contribution in [-0.4, -0.2) is 57.1 Å². The number of nitrogens with zero attached hydrogens (tertiary/aromatic N) is 1. The summed E-state index contributed by atoms with van der Waals surface area (Å²) in [5.41, 5.74) is 2.57. The molecule has 0 bridgehead atoms. The average Bonchev–Trinajstić information content (AvgIpc) is 2.88. The lowest BCUT2D eigenvalue weighted by Gasteiger charge is -2.44. The molecule has 40 heavy (non-hydrogen) atoms. The minimum Gasteiger partial charge on any atom is -0.357 e. The van der Waals surface area contributed by atoms with E-state index in [1.807, 2.05) is 48.5 Å². The maximum atomic E-state index is 13.1. The fourth-order valence-electron chi connectivity index (χ4n) is 4.70. The van der Waals surface area contributed by atoms with Gasteiger partial charge in [-0.1, -0.05) is 63.4 Å². The fraction of sp³-hybridized carbons (Fsp3) is 0.286. The number of likely N-dealkylation sites (N-methyl/N-ethyl adjacent to an activating group) is 1. The van der Waals surface area contributed by atoms with Gasteiger partial charge in [0.05, 0.1) is 17.5 Å². The lowest BCUT2D eigenvalue weighted by molar-refractivity contribution is -0.122. The first kappa shape index (κ1) is 30.3. The summed E-state index contributed by atoms with van der Waals surface area (Å²) in [7, 11) is -2.23. The van der Waals surface area contributed by atoms with Gasteiger partial charge < -0.3 is 10.6 Å². The Morgan fingerprint density at radius 3 is 2.05 bits per heavy atom. The van der Waals surface area contributed by atoms with Crippen LogP contribution < -0.4 is 15.4 Å². The van der Waals surface area contributed by atoms with Crippen LogP contribution in [0.25, 0.3) is 0 Å². The molecule has 8 nitrogen and oxygen atoms in total. The van der Waals surface area contributed by atoms with Crippen LogP contribution in [0.5, 0.6) is 0 Å². The number of amides is 2. The highest BCUT2D eigenvalue weighted by atomic mass is 79.9. The molecule has 1 fully saturated rings. The highest BCUT2D eigenvalue weighted by Gasteiger charge is 2.36. The zero-order valence-corrected chi connectivity index (χ0v) is 25.7. The summed E-state index contributed by atoms with van der Waals surface area (Å²) in [6, 6.07) is 19.1. The summed E-state index contributed by atoms with van der Waals surface area (Å²) in [5, 5.41) is 6.35. The average molecular weight is 668 g/mol. The molecule has 1 aliphatic rings. The van der Waals surface area contributed by atoms with Gasteiger partial charge in [-0.3, -0.25) is 19.2 Å². The van der Waals surface area contributed by atoms with Gasteiger partial charge in [-0.2, -0.15) is 0 Å². The molecule has 0 aliphatic carbocycles. The van der Waals surface area contributed by atoms with Crippen molar-refractivity contribution < 1.29 is 18.0 Å². The molecule has 0 saturated carbocycles. The molecule has 1 aliphatic heterocycles. The smallest absolute Gasteiger partial charge is 0.252 e. The number of anilines is 1. The van der Waals surface area contributed by atoms with E-state index in [4.69, 9.17) is 23.2 Å². The van der Waals surface area contributed by atoms with Crippen LogP contribution in [0.2, 0.25) is 10.0 Å². The summed E-state index contributed by atoms with van der Waals surface area (Å²) in [6.45, 7) is 2.73. The Bertz CT molecular complexity index is 1440. The van der Waals surface area contributed by atoms with Crippen molar-refractivity contribution in [1.82, 2.24) is 15.5 Å². The van der Waals surface area contributed by atoms with E-state index in [2.05, 4.69) is 36.2 Å². The quantitative estimate of drug-likeness (QED) is 0.280. The van der Waals surface area contributed by atoms with Crippen LogP contribution in [0.15, 0.2) is 71.2 Å². The van der Waals surface area contributed by atoms with Gasteiger partial charge in [0.25, 0.3) is 5.91 Å². The molecule has 3 aromatic rings. The predicted molar refractivity (Wildman–Crippen MR) is 162 cm³/mol. The normalized spacial score (nSPS) is 14.8. The maximum absolute atomic E-state index is 13.1. The van der Waals surface area contributed by atoms with Gasteiger partial charge in [-0.25, -0.2) is 8.42 Å². The zero-order chi connectivity index (χ0) is 29.0. The molecule has 1 atom stereocenters. The summed E-state index contributed by atoms with van der Waals surface area (Å²) >= 11 is 15.5. The van der Waals surface area contributed by atoms with Gasteiger partial charge in [0.15, 0.2) is 0 Å². The Balaban J connectivity index is 1.42. The molecule has 212 valence electrons. The Labute approximate surface area is 252 Å². The van der Waals surface area contributed by atoms with E-state index in [1.54, 1.807) is 19.1 Å². The second-order valence-corrected chi connectivity index (χ2v) is 13.3. The number of carbonyl (C=O) groups excluding carboxylic acids is 2. The molecule has 1 saturated heterocycles. The Morgan fingerprint density at radius 1 is 0.975 bits per heavy atom. The van der Waals surface area contributed by atoms with Crippen molar-refractivity contribution in [2.75, 3.05) is 30.6 Å². The fourth-order valence-corrected chi connectivity index (χ4v) is 6.84. The predicted octanol–water partition coefficient (Wildman–Crippen LogP) is 5.08. The molecule has 0 spiro atoms. The first-order valence-corrected chi connectivity index (χ1v) is 15.7. The lowest BCUT2D eigenvalue weighted by atomic mass is 9.91.